The van der Waals surface area contributed by atoms with E-state index in [4.69, 9.17) is 9.84 Å². The minimum atomic E-state index is -0.280. The van der Waals surface area contributed by atoms with Gasteiger partial charge in [0.1, 0.15) is 6.29 Å². The first kappa shape index (κ1) is 8.68. The standard InChI is InChI=1S/C8H14O3/c1-5-6(2)11-8(4-10)7(5)3-9/h3,5-8,10H,4H2,1-2H3. The van der Waals surface area contributed by atoms with Crippen LogP contribution in [0.25, 0.3) is 0 Å². The predicted octanol–water partition coefficient (Wildman–Crippen LogP) is 0.217. The third kappa shape index (κ3) is 1.44. The van der Waals surface area contributed by atoms with Gasteiger partial charge in [0.2, 0.25) is 0 Å². The summed E-state index contributed by atoms with van der Waals surface area (Å²) in [4.78, 5) is 10.5. The fourth-order valence-electron chi connectivity index (χ4n) is 1.52. The van der Waals surface area contributed by atoms with Crippen LogP contribution in [0.2, 0.25) is 0 Å². The summed E-state index contributed by atoms with van der Waals surface area (Å²) in [5, 5.41) is 8.82. The highest BCUT2D eigenvalue weighted by Gasteiger charge is 2.38. The van der Waals surface area contributed by atoms with Crippen molar-refractivity contribution in [3.63, 3.8) is 0 Å². The Morgan fingerprint density at radius 2 is 2.18 bits per heavy atom. The Bertz CT molecular complexity index is 146. The molecule has 4 unspecified atom stereocenters. The fraction of sp³-hybridized carbons (Fsp3) is 0.875. The summed E-state index contributed by atoms with van der Waals surface area (Å²) in [5.74, 6) is 0.0969. The monoisotopic (exact) mass is 158 g/mol. The van der Waals surface area contributed by atoms with Gasteiger partial charge in [-0.15, -0.1) is 0 Å². The zero-order valence-corrected chi connectivity index (χ0v) is 6.86. The first-order chi connectivity index (χ1) is 5.20. The van der Waals surface area contributed by atoms with E-state index in [-0.39, 0.29) is 30.7 Å². The molecule has 64 valence electrons. The topological polar surface area (TPSA) is 46.5 Å². The van der Waals surface area contributed by atoms with Crippen molar-refractivity contribution in [3.8, 4) is 0 Å². The van der Waals surface area contributed by atoms with Gasteiger partial charge in [0.25, 0.3) is 0 Å². The molecule has 1 saturated heterocycles. The third-order valence-corrected chi connectivity index (χ3v) is 2.50. The van der Waals surface area contributed by atoms with E-state index < -0.39 is 0 Å². The average molecular weight is 158 g/mol. The van der Waals surface area contributed by atoms with Crippen LogP contribution >= 0.6 is 0 Å². The number of aliphatic hydroxyl groups is 1. The summed E-state index contributed by atoms with van der Waals surface area (Å²) in [7, 11) is 0. The molecule has 3 heteroatoms. The van der Waals surface area contributed by atoms with E-state index in [9.17, 15) is 4.79 Å². The van der Waals surface area contributed by atoms with Gasteiger partial charge in [-0.1, -0.05) is 6.92 Å². The van der Waals surface area contributed by atoms with Gasteiger partial charge in [-0.3, -0.25) is 0 Å². The highest BCUT2D eigenvalue weighted by molar-refractivity contribution is 5.55. The van der Waals surface area contributed by atoms with Gasteiger partial charge in [-0.05, 0) is 12.8 Å². The summed E-state index contributed by atoms with van der Waals surface area (Å²) >= 11 is 0. The second-order valence-corrected chi connectivity index (χ2v) is 3.13. The first-order valence-electron chi connectivity index (χ1n) is 3.92. The van der Waals surface area contributed by atoms with E-state index in [1.807, 2.05) is 13.8 Å². The molecule has 0 amide bonds. The largest absolute Gasteiger partial charge is 0.394 e. The first-order valence-corrected chi connectivity index (χ1v) is 3.92. The van der Waals surface area contributed by atoms with E-state index in [0.29, 0.717) is 0 Å². The molecule has 0 bridgehead atoms. The molecule has 1 rings (SSSR count). The van der Waals surface area contributed by atoms with Gasteiger partial charge in [0.15, 0.2) is 0 Å². The van der Waals surface area contributed by atoms with Crippen molar-refractivity contribution >= 4 is 6.29 Å². The van der Waals surface area contributed by atoms with Crippen molar-refractivity contribution in [1.29, 1.82) is 0 Å². The Hall–Kier alpha value is -0.410. The molecule has 0 saturated carbocycles. The number of hydrogen-bond acceptors (Lipinski definition) is 3. The van der Waals surface area contributed by atoms with E-state index in [1.165, 1.54) is 0 Å². The minimum Gasteiger partial charge on any atom is -0.394 e. The Morgan fingerprint density at radius 3 is 2.55 bits per heavy atom. The van der Waals surface area contributed by atoms with Crippen LogP contribution in [0.3, 0.4) is 0 Å². The summed E-state index contributed by atoms with van der Waals surface area (Å²) in [6.45, 7) is 3.84. The number of hydrogen-bond donors (Lipinski definition) is 1. The summed E-state index contributed by atoms with van der Waals surface area (Å²) in [5.41, 5.74) is 0. The molecule has 11 heavy (non-hydrogen) atoms. The molecular weight excluding hydrogens is 144 g/mol. The van der Waals surface area contributed by atoms with Crippen LogP contribution in [-0.2, 0) is 9.53 Å². The zero-order chi connectivity index (χ0) is 8.43. The van der Waals surface area contributed by atoms with Crippen molar-refractivity contribution in [2.24, 2.45) is 11.8 Å². The molecule has 1 aliphatic rings. The number of aliphatic hydroxyl groups excluding tert-OH is 1. The zero-order valence-electron chi connectivity index (χ0n) is 6.86. The lowest BCUT2D eigenvalue weighted by atomic mass is 9.91. The summed E-state index contributed by atoms with van der Waals surface area (Å²) in [6.07, 6.45) is 0.689. The number of ether oxygens (including phenoxy) is 1. The normalized spacial score (nSPS) is 44.3. The maximum Gasteiger partial charge on any atom is 0.126 e. The predicted molar refractivity (Wildman–Crippen MR) is 40.1 cm³/mol. The van der Waals surface area contributed by atoms with E-state index in [2.05, 4.69) is 0 Å². The molecule has 0 aromatic heterocycles. The Labute approximate surface area is 66.4 Å². The van der Waals surface area contributed by atoms with Gasteiger partial charge >= 0.3 is 0 Å². The van der Waals surface area contributed by atoms with Gasteiger partial charge in [0, 0.05) is 5.92 Å². The maximum absolute atomic E-state index is 10.5. The quantitative estimate of drug-likeness (QED) is 0.585. The third-order valence-electron chi connectivity index (χ3n) is 2.50. The van der Waals surface area contributed by atoms with E-state index >= 15 is 0 Å². The molecule has 0 aromatic rings. The number of aldehydes is 1. The average Bonchev–Trinajstić information content (AvgIpc) is 2.28. The molecule has 1 aliphatic heterocycles. The van der Waals surface area contributed by atoms with Crippen LogP contribution in [0.1, 0.15) is 13.8 Å². The number of carbonyl (C=O) groups is 1. The van der Waals surface area contributed by atoms with Crippen LogP contribution in [0.5, 0.6) is 0 Å². The van der Waals surface area contributed by atoms with Crippen molar-refractivity contribution in [1.82, 2.24) is 0 Å². The molecule has 1 fully saturated rings. The lowest BCUT2D eigenvalue weighted by Crippen LogP contribution is -2.23. The van der Waals surface area contributed by atoms with Gasteiger partial charge < -0.3 is 14.6 Å². The molecule has 0 aromatic carbocycles. The molecule has 3 nitrogen and oxygen atoms in total. The highest BCUT2D eigenvalue weighted by atomic mass is 16.5. The molecule has 0 spiro atoms. The van der Waals surface area contributed by atoms with Crippen molar-refractivity contribution in [3.05, 3.63) is 0 Å². The second-order valence-electron chi connectivity index (χ2n) is 3.13. The van der Waals surface area contributed by atoms with Gasteiger partial charge in [-0.2, -0.15) is 0 Å². The van der Waals surface area contributed by atoms with Crippen LogP contribution in [0, 0.1) is 11.8 Å². The van der Waals surface area contributed by atoms with Crippen molar-refractivity contribution < 1.29 is 14.6 Å². The summed E-state index contributed by atoms with van der Waals surface area (Å²) in [6, 6.07) is 0. The van der Waals surface area contributed by atoms with Gasteiger partial charge in [0.05, 0.1) is 18.8 Å². The minimum absolute atomic E-state index is 0.0575. The molecule has 1 N–H and O–H groups in total. The number of carbonyl (C=O) groups excluding carboxylic acids is 1. The van der Waals surface area contributed by atoms with Crippen LogP contribution in [0.4, 0.5) is 0 Å². The lowest BCUT2D eigenvalue weighted by molar-refractivity contribution is -0.114. The highest BCUT2D eigenvalue weighted by Crippen LogP contribution is 2.30. The smallest absolute Gasteiger partial charge is 0.126 e. The van der Waals surface area contributed by atoms with Gasteiger partial charge in [-0.25, -0.2) is 0 Å². The van der Waals surface area contributed by atoms with Crippen molar-refractivity contribution in [2.75, 3.05) is 6.61 Å². The Morgan fingerprint density at radius 1 is 1.55 bits per heavy atom. The fourth-order valence-corrected chi connectivity index (χ4v) is 1.52. The SMILES string of the molecule is CC1OC(CO)C(C=O)C1C. The lowest BCUT2D eigenvalue weighted by Gasteiger charge is -2.10. The Kier molecular flexibility index (Phi) is 2.62. The van der Waals surface area contributed by atoms with E-state index in [1.54, 1.807) is 0 Å². The second kappa shape index (κ2) is 3.32. The van der Waals surface area contributed by atoms with Crippen LogP contribution in [0.15, 0.2) is 0 Å². The molecule has 0 aliphatic carbocycles. The molecular formula is C8H14O3. The van der Waals surface area contributed by atoms with Crippen molar-refractivity contribution in [2.45, 2.75) is 26.1 Å². The van der Waals surface area contributed by atoms with Crippen LogP contribution in [-0.4, -0.2) is 30.2 Å². The summed E-state index contributed by atoms with van der Waals surface area (Å²) < 4.78 is 5.34. The molecule has 0 radical (unpaired) electrons. The van der Waals surface area contributed by atoms with E-state index in [0.717, 1.165) is 6.29 Å². The molecule has 4 atom stereocenters. The van der Waals surface area contributed by atoms with Crippen LogP contribution < -0.4 is 0 Å². The molecule has 1 heterocycles. The number of rotatable bonds is 2. The Balaban J connectivity index is 2.64. The maximum atomic E-state index is 10.5.